The first kappa shape index (κ1) is 48.7. The van der Waals surface area contributed by atoms with E-state index in [0.717, 1.165) is 0 Å². The van der Waals surface area contributed by atoms with Gasteiger partial charge < -0.3 is 14.7 Å². The molecule has 3 heteroatoms. The van der Waals surface area contributed by atoms with Crippen molar-refractivity contribution in [3.8, 4) is 33.4 Å². The third-order valence-corrected chi connectivity index (χ3v) is 20.4. The fraction of sp³-hybridized carbons (Fsp3) is 0.111. The average molecular weight is 1080 g/mol. The lowest BCUT2D eigenvalue weighted by Gasteiger charge is -2.52. The zero-order chi connectivity index (χ0) is 56.3. The molecule has 0 radical (unpaired) electrons. The number of nitrogens with zero attached hydrogens (tertiary/aromatic N) is 3. The van der Waals surface area contributed by atoms with Crippen molar-refractivity contribution in [2.75, 3.05) is 35.8 Å². The first-order valence-corrected chi connectivity index (χ1v) is 29.7. The summed E-state index contributed by atoms with van der Waals surface area (Å²) in [6.45, 7) is 4.80. The highest BCUT2D eigenvalue weighted by Gasteiger charge is 2.54. The van der Waals surface area contributed by atoms with E-state index in [1.165, 1.54) is 145 Å². The topological polar surface area (TPSA) is 9.72 Å². The van der Waals surface area contributed by atoms with E-state index >= 15 is 0 Å². The molecule has 0 N–H and O–H groups in total. The van der Waals surface area contributed by atoms with Crippen molar-refractivity contribution in [2.45, 2.75) is 35.5 Å². The maximum absolute atomic E-state index is 2.53. The fourth-order valence-corrected chi connectivity index (χ4v) is 16.8. The summed E-state index contributed by atoms with van der Waals surface area (Å²) in [5.41, 5.74) is 31.1. The molecule has 0 fully saturated rings. The van der Waals surface area contributed by atoms with Gasteiger partial charge in [0, 0.05) is 60.7 Å². The van der Waals surface area contributed by atoms with E-state index in [2.05, 4.69) is 329 Å². The highest BCUT2D eigenvalue weighted by atomic mass is 15.1. The van der Waals surface area contributed by atoms with Gasteiger partial charge in [-0.05, 0) is 160 Å². The van der Waals surface area contributed by atoms with Gasteiger partial charge in [0.1, 0.15) is 0 Å². The third kappa shape index (κ3) is 6.10. The Hall–Kier alpha value is -9.96. The van der Waals surface area contributed by atoms with Crippen LogP contribution in [0.4, 0.5) is 34.1 Å². The van der Waals surface area contributed by atoms with Crippen molar-refractivity contribution in [1.29, 1.82) is 0 Å². The summed E-state index contributed by atoms with van der Waals surface area (Å²) in [7, 11) is 6.76. The van der Waals surface area contributed by atoms with E-state index in [4.69, 9.17) is 0 Å². The molecule has 0 amide bonds. The zero-order valence-electron chi connectivity index (χ0n) is 47.9. The molecule has 0 aromatic heterocycles. The number of anilines is 6. The van der Waals surface area contributed by atoms with Gasteiger partial charge in [0.25, 0.3) is 0 Å². The van der Waals surface area contributed by atoms with Crippen LogP contribution in [-0.2, 0) is 21.7 Å². The van der Waals surface area contributed by atoms with Gasteiger partial charge in [-0.15, -0.1) is 0 Å². The lowest BCUT2D eigenvalue weighted by atomic mass is 9.53. The fourth-order valence-electron chi connectivity index (χ4n) is 16.8. The van der Waals surface area contributed by atoms with Gasteiger partial charge in [-0.2, -0.15) is 0 Å². The lowest BCUT2D eigenvalue weighted by molar-refractivity contribution is 0.556. The van der Waals surface area contributed by atoms with Crippen LogP contribution in [0.2, 0.25) is 0 Å². The minimum Gasteiger partial charge on any atom is -0.344 e. The third-order valence-electron chi connectivity index (χ3n) is 20.4. The minimum absolute atomic E-state index is 0.173. The van der Waals surface area contributed by atoms with E-state index in [9.17, 15) is 0 Å². The summed E-state index contributed by atoms with van der Waals surface area (Å²) in [6.07, 6.45) is 0. The smallest absolute Gasteiger partial charge is 0.0754 e. The Morgan fingerprint density at radius 3 is 0.976 bits per heavy atom. The second-order valence-corrected chi connectivity index (χ2v) is 24.4. The Labute approximate surface area is 493 Å². The second kappa shape index (κ2) is 17.5. The monoisotopic (exact) mass is 1080 g/mol. The zero-order valence-corrected chi connectivity index (χ0v) is 47.9. The summed E-state index contributed by atoms with van der Waals surface area (Å²) in [6, 6.07) is 106. The number of hydrogen-bond acceptors (Lipinski definition) is 3. The maximum Gasteiger partial charge on any atom is 0.0754 e. The van der Waals surface area contributed by atoms with Crippen LogP contribution >= 0.6 is 0 Å². The molecule has 2 spiro atoms. The van der Waals surface area contributed by atoms with Crippen LogP contribution < -0.4 is 14.7 Å². The van der Waals surface area contributed by atoms with E-state index in [-0.39, 0.29) is 5.41 Å². The van der Waals surface area contributed by atoms with Crippen LogP contribution in [0.25, 0.3) is 33.4 Å². The van der Waals surface area contributed by atoms with E-state index in [1.807, 2.05) is 0 Å². The Morgan fingerprint density at radius 1 is 0.214 bits per heavy atom. The van der Waals surface area contributed by atoms with Crippen molar-refractivity contribution in [3.05, 3.63) is 357 Å². The molecule has 2 aliphatic carbocycles. The van der Waals surface area contributed by atoms with Crippen LogP contribution in [0.15, 0.2) is 279 Å². The van der Waals surface area contributed by atoms with Crippen LogP contribution in [0, 0.1) is 0 Å². The molecular weight excluding hydrogens is 1010 g/mol. The Balaban J connectivity index is 0.860. The van der Waals surface area contributed by atoms with Crippen molar-refractivity contribution in [2.24, 2.45) is 0 Å². The Bertz CT molecular complexity index is 4590. The summed E-state index contributed by atoms with van der Waals surface area (Å²) < 4.78 is 0. The summed E-state index contributed by atoms with van der Waals surface area (Å²) in [4.78, 5) is 7.29. The van der Waals surface area contributed by atoms with Gasteiger partial charge in [-0.1, -0.05) is 244 Å². The molecule has 0 atom stereocenters. The van der Waals surface area contributed by atoms with Gasteiger partial charge in [0.2, 0.25) is 0 Å². The number of fused-ring (bicyclic) bond motifs is 19. The molecule has 400 valence electrons. The average Bonchev–Trinajstić information content (AvgIpc) is 1.07. The Kier molecular flexibility index (Phi) is 10.2. The van der Waals surface area contributed by atoms with Crippen LogP contribution in [0.3, 0.4) is 0 Å². The molecule has 17 rings (SSSR count). The van der Waals surface area contributed by atoms with Gasteiger partial charge in [-0.25, -0.2) is 0 Å². The largest absolute Gasteiger partial charge is 0.344 e. The quantitative estimate of drug-likeness (QED) is 0.174. The predicted octanol–water partition coefficient (Wildman–Crippen LogP) is 19.0. The first-order valence-electron chi connectivity index (χ1n) is 29.7. The van der Waals surface area contributed by atoms with Gasteiger partial charge in [0.15, 0.2) is 0 Å². The number of benzene rings is 12. The predicted molar refractivity (Wildman–Crippen MR) is 348 cm³/mol. The van der Waals surface area contributed by atoms with Crippen molar-refractivity contribution in [3.63, 3.8) is 0 Å². The molecule has 12 aromatic carbocycles. The first-order chi connectivity index (χ1) is 41.2. The molecule has 12 aromatic rings. The highest BCUT2D eigenvalue weighted by molar-refractivity contribution is 5.96. The summed E-state index contributed by atoms with van der Waals surface area (Å²) in [5.74, 6) is 0. The SMILES string of the molecule is CN1c2ccccc2C(c2ccccc2)(c2ccccc2)c2cc(-c3ccc4c(c3)C3(c5ccccc5-c5ccccc53)c3ccc(-c5ccc6c(c5)N(C)c5ccccc5C65c6ccccc6C(C)(C)c6ccccc65)cc3N4C)ccc21. The molecule has 0 bridgehead atoms. The van der Waals surface area contributed by atoms with Crippen LogP contribution in [-0.4, -0.2) is 21.1 Å². The molecule has 3 heterocycles. The molecule has 84 heavy (non-hydrogen) atoms. The van der Waals surface area contributed by atoms with Crippen molar-refractivity contribution >= 4 is 34.1 Å². The number of para-hydroxylation sites is 2. The van der Waals surface area contributed by atoms with Crippen molar-refractivity contribution < 1.29 is 0 Å². The molecule has 3 nitrogen and oxygen atoms in total. The van der Waals surface area contributed by atoms with Crippen molar-refractivity contribution in [1.82, 2.24) is 0 Å². The second-order valence-electron chi connectivity index (χ2n) is 24.4. The van der Waals surface area contributed by atoms with E-state index < -0.39 is 16.2 Å². The molecule has 3 aliphatic heterocycles. The number of hydrogen-bond donors (Lipinski definition) is 0. The van der Waals surface area contributed by atoms with Gasteiger partial charge in [-0.3, -0.25) is 0 Å². The minimum atomic E-state index is -0.605. The summed E-state index contributed by atoms with van der Waals surface area (Å²) >= 11 is 0. The normalized spacial score (nSPS) is 16.0. The van der Waals surface area contributed by atoms with Crippen LogP contribution in [0.1, 0.15) is 91.7 Å². The lowest BCUT2D eigenvalue weighted by Crippen LogP contribution is -2.45. The highest BCUT2D eigenvalue weighted by Crippen LogP contribution is 2.65. The van der Waals surface area contributed by atoms with E-state index in [0.29, 0.717) is 0 Å². The number of rotatable bonds is 4. The molecule has 0 saturated heterocycles. The standard InChI is InChI=1S/C81H61N3/c1-78(2)62-32-16-18-34-64(62)81(65-35-19-17-33-63(65)78)67-37-21-23-39-73(67)83(4)77-51-55(41-45-69(77)81)54-40-44-68-76(50-54)84(5)75-47-43-53(49-71(75)80(68)60-30-14-12-28-58(60)59-29-13-15-31-61(59)80)52-42-46-74-70(48-52)79(56-24-8-6-9-25-56,57-26-10-7-11-27-57)66-36-20-22-38-72(66)82(74)3/h6-51H,1-5H3. The van der Waals surface area contributed by atoms with Gasteiger partial charge >= 0.3 is 0 Å². The molecule has 0 unspecified atom stereocenters. The molecular formula is C81H61N3. The van der Waals surface area contributed by atoms with E-state index in [1.54, 1.807) is 0 Å². The summed E-state index contributed by atoms with van der Waals surface area (Å²) in [5, 5.41) is 0. The molecule has 5 aliphatic rings. The molecule has 0 saturated carbocycles. The van der Waals surface area contributed by atoms with Crippen LogP contribution in [0.5, 0.6) is 0 Å². The maximum atomic E-state index is 2.53. The Morgan fingerprint density at radius 2 is 0.512 bits per heavy atom. The van der Waals surface area contributed by atoms with Gasteiger partial charge in [0.05, 0.1) is 16.2 Å².